The fourth-order valence-electron chi connectivity index (χ4n) is 2.84. The second-order valence-electron chi connectivity index (χ2n) is 6.22. The number of benzene rings is 2. The SMILES string of the molecule is COC(=O)C[C@@H](c1ccc([N+](=O)[O-])cc1)[C@H](NC(=O)c1cccc(F)c1)C(=O)OC. The molecule has 2 aromatic carbocycles. The Balaban J connectivity index is 2.42. The maximum atomic E-state index is 13.4. The van der Waals surface area contributed by atoms with Crippen LogP contribution in [0.25, 0.3) is 0 Å². The van der Waals surface area contributed by atoms with Crippen LogP contribution >= 0.6 is 0 Å². The van der Waals surface area contributed by atoms with Crippen LogP contribution in [-0.4, -0.2) is 43.0 Å². The average Bonchev–Trinajstić information content (AvgIpc) is 2.75. The summed E-state index contributed by atoms with van der Waals surface area (Å²) in [6, 6.07) is 8.66. The van der Waals surface area contributed by atoms with Crippen molar-refractivity contribution < 1.29 is 33.2 Å². The van der Waals surface area contributed by atoms with Gasteiger partial charge in [0, 0.05) is 23.6 Å². The van der Waals surface area contributed by atoms with Crippen molar-refractivity contribution in [3.05, 3.63) is 75.6 Å². The molecule has 0 unspecified atom stereocenters. The molecule has 2 atom stereocenters. The Morgan fingerprint density at radius 1 is 1.10 bits per heavy atom. The van der Waals surface area contributed by atoms with Gasteiger partial charge in [-0.3, -0.25) is 19.7 Å². The fraction of sp³-hybridized carbons (Fsp3) is 0.250. The maximum absolute atomic E-state index is 13.4. The summed E-state index contributed by atoms with van der Waals surface area (Å²) in [5, 5.41) is 13.3. The van der Waals surface area contributed by atoms with E-state index in [2.05, 4.69) is 10.1 Å². The van der Waals surface area contributed by atoms with E-state index in [1.54, 1.807) is 0 Å². The van der Waals surface area contributed by atoms with Crippen molar-refractivity contribution in [2.45, 2.75) is 18.4 Å². The second-order valence-corrected chi connectivity index (χ2v) is 6.22. The molecule has 9 nitrogen and oxygen atoms in total. The van der Waals surface area contributed by atoms with Gasteiger partial charge in [-0.05, 0) is 23.8 Å². The fourth-order valence-corrected chi connectivity index (χ4v) is 2.84. The Kier molecular flexibility index (Phi) is 7.56. The molecule has 0 radical (unpaired) electrons. The number of methoxy groups -OCH3 is 2. The Morgan fingerprint density at radius 2 is 1.77 bits per heavy atom. The molecule has 1 N–H and O–H groups in total. The second kappa shape index (κ2) is 10.1. The molecule has 2 rings (SSSR count). The highest BCUT2D eigenvalue weighted by Crippen LogP contribution is 2.27. The predicted molar refractivity (Wildman–Crippen MR) is 102 cm³/mol. The molecule has 0 heterocycles. The Hall–Kier alpha value is -3.82. The standard InChI is InChI=1S/C20H19FN2O7/c1-29-17(24)11-16(12-6-8-15(9-7-12)23(27)28)18(20(26)30-2)22-19(25)13-4-3-5-14(21)10-13/h3-10,16,18H,11H2,1-2H3,(H,22,25)/t16-,18-/m0/s1. The molecule has 30 heavy (non-hydrogen) atoms. The minimum atomic E-state index is -1.34. The zero-order valence-electron chi connectivity index (χ0n) is 16.2. The first-order valence-corrected chi connectivity index (χ1v) is 8.72. The number of ether oxygens (including phenoxy) is 2. The molecule has 0 bridgehead atoms. The van der Waals surface area contributed by atoms with E-state index in [9.17, 15) is 28.9 Å². The van der Waals surface area contributed by atoms with Crippen molar-refractivity contribution in [2.24, 2.45) is 0 Å². The summed E-state index contributed by atoms with van der Waals surface area (Å²) in [4.78, 5) is 47.2. The van der Waals surface area contributed by atoms with E-state index in [1.165, 1.54) is 36.4 Å². The molecule has 0 spiro atoms. The number of nitro groups is 1. The maximum Gasteiger partial charge on any atom is 0.329 e. The van der Waals surface area contributed by atoms with Crippen molar-refractivity contribution >= 4 is 23.5 Å². The normalized spacial score (nSPS) is 12.4. The molecule has 1 amide bonds. The quantitative estimate of drug-likeness (QED) is 0.396. The van der Waals surface area contributed by atoms with E-state index < -0.39 is 40.5 Å². The summed E-state index contributed by atoms with van der Waals surface area (Å²) in [6.07, 6.45) is -0.322. The molecule has 0 saturated heterocycles. The van der Waals surface area contributed by atoms with E-state index in [1.807, 2.05) is 0 Å². The Bertz CT molecular complexity index is 946. The topological polar surface area (TPSA) is 125 Å². The number of esters is 2. The van der Waals surface area contributed by atoms with Crippen molar-refractivity contribution in [3.8, 4) is 0 Å². The molecule has 0 saturated carbocycles. The highest BCUT2D eigenvalue weighted by Gasteiger charge is 2.34. The highest BCUT2D eigenvalue weighted by atomic mass is 19.1. The Labute approximate surface area is 170 Å². The summed E-state index contributed by atoms with van der Waals surface area (Å²) in [5.41, 5.74) is 0.138. The van der Waals surface area contributed by atoms with Crippen molar-refractivity contribution in [3.63, 3.8) is 0 Å². The van der Waals surface area contributed by atoms with Gasteiger partial charge < -0.3 is 14.8 Å². The molecule has 0 fully saturated rings. The van der Waals surface area contributed by atoms with E-state index in [0.717, 1.165) is 26.4 Å². The zero-order valence-corrected chi connectivity index (χ0v) is 16.2. The van der Waals surface area contributed by atoms with E-state index in [4.69, 9.17) is 4.74 Å². The summed E-state index contributed by atoms with van der Waals surface area (Å²) < 4.78 is 22.9. The largest absolute Gasteiger partial charge is 0.469 e. The summed E-state index contributed by atoms with van der Waals surface area (Å²) >= 11 is 0. The van der Waals surface area contributed by atoms with Gasteiger partial charge in [-0.2, -0.15) is 0 Å². The third kappa shape index (κ3) is 5.60. The highest BCUT2D eigenvalue weighted by molar-refractivity contribution is 5.97. The number of non-ortho nitro benzene ring substituents is 1. The molecule has 10 heteroatoms. The van der Waals surface area contributed by atoms with Crippen LogP contribution in [-0.2, 0) is 19.1 Å². The van der Waals surface area contributed by atoms with Crippen LogP contribution in [0.4, 0.5) is 10.1 Å². The van der Waals surface area contributed by atoms with Gasteiger partial charge in [0.2, 0.25) is 0 Å². The van der Waals surface area contributed by atoms with Crippen molar-refractivity contribution in [1.29, 1.82) is 0 Å². The zero-order chi connectivity index (χ0) is 22.3. The van der Waals surface area contributed by atoms with Crippen LogP contribution in [0, 0.1) is 15.9 Å². The number of nitro benzene ring substituents is 1. The smallest absolute Gasteiger partial charge is 0.329 e. The minimum Gasteiger partial charge on any atom is -0.469 e. The van der Waals surface area contributed by atoms with Gasteiger partial charge in [-0.15, -0.1) is 0 Å². The summed E-state index contributed by atoms with van der Waals surface area (Å²) in [5.74, 6) is -3.89. The molecule has 0 aliphatic rings. The number of halogens is 1. The molecular formula is C20H19FN2O7. The third-order valence-electron chi connectivity index (χ3n) is 4.38. The van der Waals surface area contributed by atoms with E-state index in [0.29, 0.717) is 5.56 Å². The monoisotopic (exact) mass is 418 g/mol. The molecule has 0 aliphatic carbocycles. The van der Waals surface area contributed by atoms with Crippen LogP contribution in [0.1, 0.15) is 28.3 Å². The van der Waals surface area contributed by atoms with Crippen LogP contribution in [0.3, 0.4) is 0 Å². The van der Waals surface area contributed by atoms with Crippen LogP contribution in [0.2, 0.25) is 0 Å². The molecule has 0 aliphatic heterocycles. The average molecular weight is 418 g/mol. The lowest BCUT2D eigenvalue weighted by Crippen LogP contribution is -2.46. The van der Waals surface area contributed by atoms with Gasteiger partial charge in [-0.1, -0.05) is 18.2 Å². The lowest BCUT2D eigenvalue weighted by molar-refractivity contribution is -0.384. The lowest BCUT2D eigenvalue weighted by Gasteiger charge is -2.26. The van der Waals surface area contributed by atoms with Crippen molar-refractivity contribution in [1.82, 2.24) is 5.32 Å². The number of hydrogen-bond acceptors (Lipinski definition) is 7. The lowest BCUT2D eigenvalue weighted by atomic mass is 9.88. The first-order chi connectivity index (χ1) is 14.3. The van der Waals surface area contributed by atoms with Gasteiger partial charge in [0.1, 0.15) is 11.9 Å². The van der Waals surface area contributed by atoms with Gasteiger partial charge in [0.25, 0.3) is 11.6 Å². The van der Waals surface area contributed by atoms with Gasteiger partial charge in [0.05, 0.1) is 25.6 Å². The number of rotatable bonds is 8. The number of nitrogens with one attached hydrogen (secondary N) is 1. The van der Waals surface area contributed by atoms with E-state index in [-0.39, 0.29) is 17.7 Å². The summed E-state index contributed by atoms with van der Waals surface area (Å²) in [6.45, 7) is 0. The number of carbonyl (C=O) groups excluding carboxylic acids is 3. The van der Waals surface area contributed by atoms with Crippen LogP contribution < -0.4 is 5.32 Å². The van der Waals surface area contributed by atoms with Gasteiger partial charge in [0.15, 0.2) is 0 Å². The number of nitrogens with zero attached hydrogens (tertiary/aromatic N) is 1. The van der Waals surface area contributed by atoms with E-state index >= 15 is 0 Å². The number of amides is 1. The Morgan fingerprint density at radius 3 is 2.30 bits per heavy atom. The molecule has 0 aromatic heterocycles. The third-order valence-corrected chi connectivity index (χ3v) is 4.38. The molecular weight excluding hydrogens is 399 g/mol. The number of carbonyl (C=O) groups is 3. The van der Waals surface area contributed by atoms with Gasteiger partial charge >= 0.3 is 11.9 Å². The van der Waals surface area contributed by atoms with Gasteiger partial charge in [-0.25, -0.2) is 9.18 Å². The molecule has 2 aromatic rings. The summed E-state index contributed by atoms with van der Waals surface area (Å²) in [7, 11) is 2.27. The predicted octanol–water partition coefficient (Wildman–Crippen LogP) is 2.35. The molecule has 158 valence electrons. The first kappa shape index (κ1) is 22.5. The first-order valence-electron chi connectivity index (χ1n) is 8.72. The van der Waals surface area contributed by atoms with Crippen LogP contribution in [0.5, 0.6) is 0 Å². The van der Waals surface area contributed by atoms with Crippen molar-refractivity contribution in [2.75, 3.05) is 14.2 Å². The van der Waals surface area contributed by atoms with Crippen LogP contribution in [0.15, 0.2) is 48.5 Å². The number of hydrogen-bond donors (Lipinski definition) is 1. The minimum absolute atomic E-state index is 0.0376.